The van der Waals surface area contributed by atoms with Crippen LogP contribution in [0.15, 0.2) is 109 Å². The summed E-state index contributed by atoms with van der Waals surface area (Å²) in [5.41, 5.74) is 17.0. The standard InChI is InChI=1S/C52H57N/c1-51(2)48-16-10-9-15-45(48)47-33-46(41-19-17-39(18-20-41)37-11-5-3-6-12-37)50(34-49(47)51)53(43-25-21-40(22-26-43)38-13-7-4-8-14-38)44-27-23-42(24-28-44)52-31-29-36(35-52)30-32-52/h9-10,15-28,33-34,36-38H,3-8,11-14,29-32,35H2,1-2H3. The molecule has 270 valence electrons. The van der Waals surface area contributed by atoms with Crippen molar-refractivity contribution < 1.29 is 0 Å². The van der Waals surface area contributed by atoms with Crippen molar-refractivity contribution in [2.45, 2.75) is 133 Å². The molecule has 1 nitrogen and oxygen atoms in total. The number of fused-ring (bicyclic) bond motifs is 5. The van der Waals surface area contributed by atoms with Crippen LogP contribution in [0.4, 0.5) is 17.1 Å². The Balaban J connectivity index is 1.14. The third kappa shape index (κ3) is 5.80. The van der Waals surface area contributed by atoms with Crippen molar-refractivity contribution in [3.63, 3.8) is 0 Å². The molecule has 5 aromatic carbocycles. The van der Waals surface area contributed by atoms with Gasteiger partial charge in [0, 0.05) is 22.4 Å². The van der Waals surface area contributed by atoms with E-state index in [1.165, 1.54) is 158 Å². The second-order valence-corrected chi connectivity index (χ2v) is 18.3. The van der Waals surface area contributed by atoms with E-state index in [0.717, 1.165) is 5.92 Å². The van der Waals surface area contributed by atoms with Gasteiger partial charge in [0.1, 0.15) is 0 Å². The third-order valence-corrected chi connectivity index (χ3v) is 14.9. The van der Waals surface area contributed by atoms with Crippen molar-refractivity contribution in [3.05, 3.63) is 137 Å². The smallest absolute Gasteiger partial charge is 0.0543 e. The highest BCUT2D eigenvalue weighted by molar-refractivity contribution is 5.94. The van der Waals surface area contributed by atoms with Gasteiger partial charge < -0.3 is 4.90 Å². The van der Waals surface area contributed by atoms with Crippen molar-refractivity contribution in [1.29, 1.82) is 0 Å². The highest BCUT2D eigenvalue weighted by Crippen LogP contribution is 2.57. The molecule has 0 aromatic heterocycles. The van der Waals surface area contributed by atoms with Crippen molar-refractivity contribution in [2.75, 3.05) is 4.90 Å². The first-order valence-electron chi connectivity index (χ1n) is 21.4. The summed E-state index contributed by atoms with van der Waals surface area (Å²) < 4.78 is 0. The van der Waals surface area contributed by atoms with E-state index in [2.05, 4.69) is 128 Å². The van der Waals surface area contributed by atoms with Gasteiger partial charge in [-0.2, -0.15) is 0 Å². The van der Waals surface area contributed by atoms with E-state index < -0.39 is 0 Å². The van der Waals surface area contributed by atoms with Crippen molar-refractivity contribution in [1.82, 2.24) is 0 Å². The highest BCUT2D eigenvalue weighted by Gasteiger charge is 2.45. The van der Waals surface area contributed by atoms with Gasteiger partial charge in [-0.15, -0.1) is 0 Å². The van der Waals surface area contributed by atoms with Crippen LogP contribution in [-0.2, 0) is 10.8 Å². The third-order valence-electron chi connectivity index (χ3n) is 14.9. The molecule has 0 saturated heterocycles. The molecule has 0 N–H and O–H groups in total. The van der Waals surface area contributed by atoms with E-state index >= 15 is 0 Å². The van der Waals surface area contributed by atoms with E-state index in [1.807, 2.05) is 0 Å². The summed E-state index contributed by atoms with van der Waals surface area (Å²) in [5, 5.41) is 0. The molecule has 4 saturated carbocycles. The Kier molecular flexibility index (Phi) is 8.42. The van der Waals surface area contributed by atoms with E-state index in [0.29, 0.717) is 17.3 Å². The van der Waals surface area contributed by atoms with Crippen molar-refractivity contribution in [3.8, 4) is 22.3 Å². The Morgan fingerprint density at radius 2 is 1.08 bits per heavy atom. The summed E-state index contributed by atoms with van der Waals surface area (Å²) in [6, 6.07) is 43.7. The summed E-state index contributed by atoms with van der Waals surface area (Å²) in [4.78, 5) is 2.60. The largest absolute Gasteiger partial charge is 0.310 e. The zero-order valence-electron chi connectivity index (χ0n) is 32.2. The molecule has 10 rings (SSSR count). The van der Waals surface area contributed by atoms with Gasteiger partial charge in [-0.3, -0.25) is 0 Å². The minimum absolute atomic E-state index is 0.0783. The predicted octanol–water partition coefficient (Wildman–Crippen LogP) is 15.1. The van der Waals surface area contributed by atoms with Crippen molar-refractivity contribution in [2.24, 2.45) is 5.92 Å². The molecule has 4 fully saturated rings. The number of nitrogens with zero attached hydrogens (tertiary/aromatic N) is 1. The molecule has 5 aliphatic carbocycles. The van der Waals surface area contributed by atoms with Crippen LogP contribution in [0.2, 0.25) is 0 Å². The first-order valence-corrected chi connectivity index (χ1v) is 21.4. The molecule has 5 aromatic rings. The normalized spacial score (nSPS) is 23.5. The van der Waals surface area contributed by atoms with E-state index in [4.69, 9.17) is 0 Å². The van der Waals surface area contributed by atoms with Gasteiger partial charge in [0.05, 0.1) is 5.69 Å². The van der Waals surface area contributed by atoms with Gasteiger partial charge in [0.15, 0.2) is 0 Å². The Morgan fingerprint density at radius 1 is 0.509 bits per heavy atom. The van der Waals surface area contributed by atoms with Crippen LogP contribution in [-0.4, -0.2) is 0 Å². The number of benzene rings is 5. The maximum absolute atomic E-state index is 2.60. The maximum Gasteiger partial charge on any atom is 0.0543 e. The van der Waals surface area contributed by atoms with Gasteiger partial charge >= 0.3 is 0 Å². The molecule has 0 unspecified atom stereocenters. The van der Waals surface area contributed by atoms with Gasteiger partial charge in [-0.05, 0) is 162 Å². The molecule has 0 spiro atoms. The van der Waals surface area contributed by atoms with E-state index in [-0.39, 0.29) is 5.41 Å². The lowest BCUT2D eigenvalue weighted by Crippen LogP contribution is -2.20. The molecule has 0 amide bonds. The molecule has 5 aliphatic rings. The fraction of sp³-hybridized carbons (Fsp3) is 0.423. The fourth-order valence-electron chi connectivity index (χ4n) is 11.8. The lowest BCUT2D eigenvalue weighted by molar-refractivity contribution is 0.419. The number of rotatable bonds is 7. The second kappa shape index (κ2) is 13.3. The van der Waals surface area contributed by atoms with Crippen LogP contribution in [0.25, 0.3) is 22.3 Å². The topological polar surface area (TPSA) is 3.24 Å². The second-order valence-electron chi connectivity index (χ2n) is 18.3. The monoisotopic (exact) mass is 695 g/mol. The minimum atomic E-state index is -0.0783. The Labute approximate surface area is 318 Å². The van der Waals surface area contributed by atoms with Gasteiger partial charge in [0.25, 0.3) is 0 Å². The van der Waals surface area contributed by atoms with E-state index in [9.17, 15) is 0 Å². The Morgan fingerprint density at radius 3 is 1.66 bits per heavy atom. The summed E-state index contributed by atoms with van der Waals surface area (Å²) >= 11 is 0. The molecule has 0 atom stereocenters. The molecule has 2 bridgehead atoms. The van der Waals surface area contributed by atoms with Gasteiger partial charge in [0.2, 0.25) is 0 Å². The van der Waals surface area contributed by atoms with Gasteiger partial charge in [-0.25, -0.2) is 0 Å². The Hall–Kier alpha value is -4.10. The first kappa shape index (κ1) is 33.5. The number of hydrogen-bond acceptors (Lipinski definition) is 1. The summed E-state index contributed by atoms with van der Waals surface area (Å²) in [6.45, 7) is 4.85. The lowest BCUT2D eigenvalue weighted by Gasteiger charge is -2.32. The van der Waals surface area contributed by atoms with Crippen LogP contribution >= 0.6 is 0 Å². The molecule has 0 aliphatic heterocycles. The maximum atomic E-state index is 2.60. The SMILES string of the molecule is CC1(C)c2ccccc2-c2cc(-c3ccc(C4CCCCC4)cc3)c(N(c3ccc(C4CCCCC4)cc3)c3ccc(C45CCC(CC4)C5)cc3)cc21. The molecule has 0 radical (unpaired) electrons. The highest BCUT2D eigenvalue weighted by atomic mass is 15.1. The molecule has 0 heterocycles. The first-order chi connectivity index (χ1) is 26.0. The quantitative estimate of drug-likeness (QED) is 0.164. The predicted molar refractivity (Wildman–Crippen MR) is 224 cm³/mol. The zero-order chi connectivity index (χ0) is 35.6. The molecular formula is C52H57N. The van der Waals surface area contributed by atoms with Crippen LogP contribution in [0.5, 0.6) is 0 Å². The summed E-state index contributed by atoms with van der Waals surface area (Å²) in [6.07, 6.45) is 20.5. The van der Waals surface area contributed by atoms with Gasteiger partial charge in [-0.1, -0.05) is 125 Å². The average Bonchev–Trinajstić information content (AvgIpc) is 3.91. The molecular weight excluding hydrogens is 639 g/mol. The van der Waals surface area contributed by atoms with Crippen molar-refractivity contribution >= 4 is 17.1 Å². The van der Waals surface area contributed by atoms with Crippen LogP contribution in [0.3, 0.4) is 0 Å². The van der Waals surface area contributed by atoms with Crippen LogP contribution in [0.1, 0.15) is 150 Å². The Bertz CT molecular complexity index is 2080. The van der Waals surface area contributed by atoms with Crippen LogP contribution in [0, 0.1) is 5.92 Å². The summed E-state index contributed by atoms with van der Waals surface area (Å²) in [7, 11) is 0. The number of hydrogen-bond donors (Lipinski definition) is 0. The average molecular weight is 696 g/mol. The minimum Gasteiger partial charge on any atom is -0.310 e. The molecule has 53 heavy (non-hydrogen) atoms. The molecule has 1 heteroatoms. The van der Waals surface area contributed by atoms with Crippen LogP contribution < -0.4 is 4.90 Å². The number of anilines is 3. The summed E-state index contributed by atoms with van der Waals surface area (Å²) in [5.74, 6) is 2.35. The zero-order valence-corrected chi connectivity index (χ0v) is 32.2. The van der Waals surface area contributed by atoms with E-state index in [1.54, 1.807) is 5.56 Å². The fourth-order valence-corrected chi connectivity index (χ4v) is 11.8. The lowest BCUT2D eigenvalue weighted by atomic mass is 9.78.